The molecule has 0 aromatic carbocycles. The molecule has 2 N–H and O–H groups in total. The summed E-state index contributed by atoms with van der Waals surface area (Å²) in [5.41, 5.74) is 5.45. The van der Waals surface area contributed by atoms with Gasteiger partial charge in [-0.3, -0.25) is 0 Å². The maximum Gasteiger partial charge on any atom is -0.00429 e. The second-order valence-electron chi connectivity index (χ2n) is 2.15. The normalized spacial score (nSPS) is 9.56. The first-order valence-corrected chi connectivity index (χ1v) is 3.27. The third-order valence-corrected chi connectivity index (χ3v) is 1.33. The van der Waals surface area contributed by atoms with Gasteiger partial charge in [-0.2, -0.15) is 0 Å². The minimum absolute atomic E-state index is 0.556. The molecule has 9 heavy (non-hydrogen) atoms. The van der Waals surface area contributed by atoms with Gasteiger partial charge in [-0.1, -0.05) is 12.2 Å². The van der Waals surface area contributed by atoms with Crippen LogP contribution in [0, 0.1) is 5.92 Å². The van der Waals surface area contributed by atoms with E-state index in [1.807, 2.05) is 12.2 Å². The number of nitrogens with two attached hydrogens (primary N) is 1. The summed E-state index contributed by atoms with van der Waals surface area (Å²) in [6.45, 7) is 8.02. The lowest BCUT2D eigenvalue weighted by atomic mass is 10.0. The van der Waals surface area contributed by atoms with Crippen LogP contribution in [0.15, 0.2) is 25.3 Å². The first kappa shape index (κ1) is 8.44. The van der Waals surface area contributed by atoms with Gasteiger partial charge in [0.2, 0.25) is 0 Å². The van der Waals surface area contributed by atoms with E-state index in [9.17, 15) is 0 Å². The molecule has 52 valence electrons. The fraction of sp³-hybridized carbons (Fsp3) is 0.500. The van der Waals surface area contributed by atoms with Crippen LogP contribution in [-0.2, 0) is 0 Å². The summed E-state index contributed by atoms with van der Waals surface area (Å²) < 4.78 is 0. The summed E-state index contributed by atoms with van der Waals surface area (Å²) in [5.74, 6) is 0.556. The molecule has 0 radical (unpaired) electrons. The van der Waals surface area contributed by atoms with E-state index in [0.29, 0.717) is 5.92 Å². The minimum atomic E-state index is 0.556. The summed E-state index contributed by atoms with van der Waals surface area (Å²) in [6.07, 6.45) is 5.81. The molecule has 0 saturated heterocycles. The molecular formula is C8H15N. The van der Waals surface area contributed by atoms with Gasteiger partial charge in [0.1, 0.15) is 0 Å². The van der Waals surface area contributed by atoms with Crippen molar-refractivity contribution in [3.8, 4) is 0 Å². The number of rotatable bonds is 5. The third-order valence-electron chi connectivity index (χ3n) is 1.33. The van der Waals surface area contributed by atoms with Crippen molar-refractivity contribution in [2.24, 2.45) is 11.7 Å². The minimum Gasteiger partial charge on any atom is -0.330 e. The Balaban J connectivity index is 3.39. The molecule has 0 aliphatic rings. The van der Waals surface area contributed by atoms with Gasteiger partial charge >= 0.3 is 0 Å². The topological polar surface area (TPSA) is 26.0 Å². The Morgan fingerprint density at radius 3 is 1.89 bits per heavy atom. The van der Waals surface area contributed by atoms with Crippen LogP contribution in [-0.4, -0.2) is 6.54 Å². The van der Waals surface area contributed by atoms with Crippen molar-refractivity contribution < 1.29 is 0 Å². The maximum absolute atomic E-state index is 5.45. The molecule has 0 amide bonds. The highest BCUT2D eigenvalue weighted by Crippen LogP contribution is 2.06. The van der Waals surface area contributed by atoms with E-state index in [1.165, 1.54) is 0 Å². The molecule has 0 aromatic heterocycles. The van der Waals surface area contributed by atoms with E-state index >= 15 is 0 Å². The second kappa shape index (κ2) is 5.57. The molecule has 1 nitrogen and oxygen atoms in total. The third kappa shape index (κ3) is 3.98. The lowest BCUT2D eigenvalue weighted by Crippen LogP contribution is -2.12. The van der Waals surface area contributed by atoms with Crippen LogP contribution in [0.5, 0.6) is 0 Å². The highest BCUT2D eigenvalue weighted by atomic mass is 14.5. The van der Waals surface area contributed by atoms with E-state index in [1.54, 1.807) is 0 Å². The van der Waals surface area contributed by atoms with Gasteiger partial charge in [0.05, 0.1) is 0 Å². The van der Waals surface area contributed by atoms with Crippen LogP contribution in [0.3, 0.4) is 0 Å². The van der Waals surface area contributed by atoms with Gasteiger partial charge in [0.15, 0.2) is 0 Å². The Bertz CT molecular complexity index is 76.6. The molecule has 0 saturated carbocycles. The molecule has 1 heteroatoms. The van der Waals surface area contributed by atoms with Crippen LogP contribution in [0.2, 0.25) is 0 Å². The van der Waals surface area contributed by atoms with E-state index < -0.39 is 0 Å². The van der Waals surface area contributed by atoms with Crippen molar-refractivity contribution in [3.63, 3.8) is 0 Å². The molecule has 0 heterocycles. The van der Waals surface area contributed by atoms with Crippen LogP contribution >= 0.6 is 0 Å². The second-order valence-corrected chi connectivity index (χ2v) is 2.15. The first-order chi connectivity index (χ1) is 4.35. The fourth-order valence-electron chi connectivity index (χ4n) is 0.760. The molecule has 0 aliphatic heterocycles. The standard InChI is InChI=1S/C8H15N/c1-3-5-8(7-9)6-4-2/h3-4,8H,1-2,5-7,9H2. The van der Waals surface area contributed by atoms with Crippen LogP contribution in [0.4, 0.5) is 0 Å². The first-order valence-electron chi connectivity index (χ1n) is 3.27. The molecule has 0 spiro atoms. The van der Waals surface area contributed by atoms with Gasteiger partial charge in [0, 0.05) is 0 Å². The molecule has 0 aliphatic carbocycles. The van der Waals surface area contributed by atoms with Crippen LogP contribution in [0.1, 0.15) is 12.8 Å². The zero-order valence-electron chi connectivity index (χ0n) is 5.84. The lowest BCUT2D eigenvalue weighted by molar-refractivity contribution is 0.556. The van der Waals surface area contributed by atoms with Gasteiger partial charge in [0.25, 0.3) is 0 Å². The predicted molar refractivity (Wildman–Crippen MR) is 42.2 cm³/mol. The summed E-state index contributed by atoms with van der Waals surface area (Å²) >= 11 is 0. The molecule has 0 fully saturated rings. The van der Waals surface area contributed by atoms with Gasteiger partial charge in [-0.05, 0) is 25.3 Å². The van der Waals surface area contributed by atoms with Gasteiger partial charge in [-0.25, -0.2) is 0 Å². The molecule has 0 bridgehead atoms. The monoisotopic (exact) mass is 125 g/mol. The number of hydrogen-bond donors (Lipinski definition) is 1. The van der Waals surface area contributed by atoms with Crippen molar-refractivity contribution in [2.75, 3.05) is 6.54 Å². The van der Waals surface area contributed by atoms with Crippen LogP contribution < -0.4 is 5.73 Å². The summed E-state index contributed by atoms with van der Waals surface area (Å²) in [7, 11) is 0. The number of allylic oxidation sites excluding steroid dienone is 2. The van der Waals surface area contributed by atoms with E-state index in [4.69, 9.17) is 5.73 Å². The molecule has 0 rings (SSSR count). The predicted octanol–water partition coefficient (Wildman–Crippen LogP) is 1.71. The highest BCUT2D eigenvalue weighted by molar-refractivity contribution is 4.79. The Hall–Kier alpha value is -0.560. The Morgan fingerprint density at radius 2 is 1.67 bits per heavy atom. The maximum atomic E-state index is 5.45. The molecular weight excluding hydrogens is 110 g/mol. The van der Waals surface area contributed by atoms with Crippen molar-refractivity contribution in [1.82, 2.24) is 0 Å². The average Bonchev–Trinajstić information content (AvgIpc) is 1.88. The highest BCUT2D eigenvalue weighted by Gasteiger charge is 1.99. The number of hydrogen-bond acceptors (Lipinski definition) is 1. The quantitative estimate of drug-likeness (QED) is 0.556. The average molecular weight is 125 g/mol. The lowest BCUT2D eigenvalue weighted by Gasteiger charge is -2.07. The van der Waals surface area contributed by atoms with Crippen LogP contribution in [0.25, 0.3) is 0 Å². The summed E-state index contributed by atoms with van der Waals surface area (Å²) in [4.78, 5) is 0. The Labute approximate surface area is 57.3 Å². The SMILES string of the molecule is C=CCC(CN)CC=C. The zero-order chi connectivity index (χ0) is 7.11. The Morgan fingerprint density at radius 1 is 1.22 bits per heavy atom. The molecule has 0 aromatic rings. The molecule has 0 atom stereocenters. The van der Waals surface area contributed by atoms with E-state index in [0.717, 1.165) is 19.4 Å². The largest absolute Gasteiger partial charge is 0.330 e. The van der Waals surface area contributed by atoms with Crippen molar-refractivity contribution in [1.29, 1.82) is 0 Å². The summed E-state index contributed by atoms with van der Waals surface area (Å²) in [6, 6.07) is 0. The van der Waals surface area contributed by atoms with Crippen molar-refractivity contribution >= 4 is 0 Å². The Kier molecular flexibility index (Phi) is 5.23. The van der Waals surface area contributed by atoms with E-state index in [-0.39, 0.29) is 0 Å². The van der Waals surface area contributed by atoms with Gasteiger partial charge in [-0.15, -0.1) is 13.2 Å². The fourth-order valence-corrected chi connectivity index (χ4v) is 0.760. The van der Waals surface area contributed by atoms with Crippen molar-refractivity contribution in [2.45, 2.75) is 12.8 Å². The smallest absolute Gasteiger partial charge is 0.00429 e. The van der Waals surface area contributed by atoms with E-state index in [2.05, 4.69) is 13.2 Å². The zero-order valence-corrected chi connectivity index (χ0v) is 5.84. The summed E-state index contributed by atoms with van der Waals surface area (Å²) in [5, 5.41) is 0. The molecule has 0 unspecified atom stereocenters. The van der Waals surface area contributed by atoms with Crippen molar-refractivity contribution in [3.05, 3.63) is 25.3 Å². The van der Waals surface area contributed by atoms with Gasteiger partial charge < -0.3 is 5.73 Å².